The van der Waals surface area contributed by atoms with Gasteiger partial charge in [-0.05, 0) is 33.6 Å². The molecule has 0 spiro atoms. The highest BCUT2D eigenvalue weighted by Gasteiger charge is 2.18. The first kappa shape index (κ1) is 16.7. The van der Waals surface area contributed by atoms with Gasteiger partial charge in [0.2, 0.25) is 5.88 Å². The van der Waals surface area contributed by atoms with E-state index in [9.17, 15) is 0 Å². The Hall–Kier alpha value is -1.36. The molecule has 1 N–H and O–H groups in total. The van der Waals surface area contributed by atoms with Crippen LogP contribution in [0.5, 0.6) is 5.88 Å². The predicted molar refractivity (Wildman–Crippen MR) is 81.1 cm³/mol. The maximum absolute atomic E-state index is 5.95. The zero-order chi connectivity index (χ0) is 15.0. The highest BCUT2D eigenvalue weighted by molar-refractivity contribution is 5.38. The van der Waals surface area contributed by atoms with Crippen LogP contribution in [0.25, 0.3) is 0 Å². The van der Waals surface area contributed by atoms with E-state index in [0.29, 0.717) is 24.9 Å². The topological polar surface area (TPSA) is 56.3 Å². The molecule has 1 aromatic heterocycles. The summed E-state index contributed by atoms with van der Waals surface area (Å²) in [6, 6.07) is 1.85. The van der Waals surface area contributed by atoms with Crippen LogP contribution in [0.1, 0.15) is 53.3 Å². The van der Waals surface area contributed by atoms with E-state index in [2.05, 4.69) is 43.0 Å². The lowest BCUT2D eigenvalue weighted by atomic mass is 10.1. The van der Waals surface area contributed by atoms with Crippen LogP contribution in [-0.4, -0.2) is 28.7 Å². The third-order valence-electron chi connectivity index (χ3n) is 2.97. The molecule has 0 atom stereocenters. The molecule has 1 rings (SSSR count). The molecule has 1 heterocycles. The number of hydrogen-bond donors (Lipinski definition) is 1. The third-order valence-corrected chi connectivity index (χ3v) is 2.97. The lowest BCUT2D eigenvalue weighted by Gasteiger charge is -2.24. The molecule has 20 heavy (non-hydrogen) atoms. The summed E-state index contributed by atoms with van der Waals surface area (Å²) in [7, 11) is 0. The molecule has 5 nitrogen and oxygen atoms in total. The van der Waals surface area contributed by atoms with Crippen molar-refractivity contribution in [2.24, 2.45) is 0 Å². The molecule has 0 aliphatic rings. The van der Waals surface area contributed by atoms with Gasteiger partial charge in [0.1, 0.15) is 18.0 Å². The first-order chi connectivity index (χ1) is 9.50. The summed E-state index contributed by atoms with van der Waals surface area (Å²) >= 11 is 0. The van der Waals surface area contributed by atoms with E-state index in [1.807, 2.05) is 13.0 Å². The van der Waals surface area contributed by atoms with Gasteiger partial charge in [0.15, 0.2) is 5.82 Å². The van der Waals surface area contributed by atoms with Gasteiger partial charge in [-0.2, -0.15) is 4.98 Å². The second-order valence-electron chi connectivity index (χ2n) is 5.29. The number of nitrogens with zero attached hydrogens (tertiary/aromatic N) is 2. The van der Waals surface area contributed by atoms with Crippen LogP contribution in [0.15, 0.2) is 6.07 Å². The van der Waals surface area contributed by atoms with Crippen LogP contribution in [0.2, 0.25) is 0 Å². The number of rotatable bonds is 9. The Morgan fingerprint density at radius 1 is 1.20 bits per heavy atom. The normalized spacial score (nSPS) is 11.4. The number of anilines is 1. The molecule has 1 aromatic rings. The van der Waals surface area contributed by atoms with Gasteiger partial charge in [-0.1, -0.05) is 13.8 Å². The van der Waals surface area contributed by atoms with E-state index in [1.165, 1.54) is 0 Å². The fourth-order valence-corrected chi connectivity index (χ4v) is 1.48. The summed E-state index contributed by atoms with van der Waals surface area (Å²) in [5.74, 6) is 2.04. The van der Waals surface area contributed by atoms with Gasteiger partial charge in [0.25, 0.3) is 0 Å². The van der Waals surface area contributed by atoms with Crippen molar-refractivity contribution in [1.29, 1.82) is 0 Å². The van der Waals surface area contributed by atoms with E-state index in [4.69, 9.17) is 9.47 Å². The Kier molecular flexibility index (Phi) is 6.71. The summed E-state index contributed by atoms with van der Waals surface area (Å²) in [4.78, 5) is 8.85. The zero-order valence-corrected chi connectivity index (χ0v) is 13.3. The second-order valence-corrected chi connectivity index (χ2v) is 5.29. The molecule has 0 saturated heterocycles. The summed E-state index contributed by atoms with van der Waals surface area (Å²) < 4.78 is 11.3. The summed E-state index contributed by atoms with van der Waals surface area (Å²) in [5, 5.41) is 3.27. The van der Waals surface area contributed by atoms with Gasteiger partial charge < -0.3 is 14.8 Å². The minimum atomic E-state index is -0.237. The average Bonchev–Trinajstić information content (AvgIpc) is 2.42. The van der Waals surface area contributed by atoms with Crippen LogP contribution < -0.4 is 10.1 Å². The Morgan fingerprint density at radius 2 is 1.95 bits per heavy atom. The molecule has 0 radical (unpaired) electrons. The Morgan fingerprint density at radius 3 is 2.55 bits per heavy atom. The largest absolute Gasteiger partial charge is 0.472 e. The quantitative estimate of drug-likeness (QED) is 0.751. The monoisotopic (exact) mass is 281 g/mol. The summed E-state index contributed by atoms with van der Waals surface area (Å²) in [5.41, 5.74) is -0.237. The van der Waals surface area contributed by atoms with E-state index in [1.54, 1.807) is 0 Å². The average molecular weight is 281 g/mol. The molecule has 5 heteroatoms. The minimum Gasteiger partial charge on any atom is -0.472 e. The van der Waals surface area contributed by atoms with Gasteiger partial charge in [-0.3, -0.25) is 0 Å². The molecule has 0 aromatic carbocycles. The van der Waals surface area contributed by atoms with Crippen molar-refractivity contribution >= 4 is 5.82 Å². The van der Waals surface area contributed by atoms with E-state index >= 15 is 0 Å². The van der Waals surface area contributed by atoms with Gasteiger partial charge in [-0.15, -0.1) is 0 Å². The molecule has 0 saturated carbocycles. The molecule has 0 aliphatic carbocycles. The number of ether oxygens (including phenoxy) is 2. The smallest absolute Gasteiger partial charge is 0.219 e. The predicted octanol–water partition coefficient (Wildman–Crippen LogP) is 3.40. The lowest BCUT2D eigenvalue weighted by Crippen LogP contribution is -2.27. The fourth-order valence-electron chi connectivity index (χ4n) is 1.48. The Labute approximate surface area is 122 Å². The fraction of sp³-hybridized carbons (Fsp3) is 0.733. The molecule has 0 unspecified atom stereocenters. The van der Waals surface area contributed by atoms with Crippen molar-refractivity contribution in [3.05, 3.63) is 11.9 Å². The number of aromatic nitrogens is 2. The van der Waals surface area contributed by atoms with Crippen LogP contribution in [-0.2, 0) is 11.3 Å². The Balaban J connectivity index is 2.90. The second kappa shape index (κ2) is 8.04. The van der Waals surface area contributed by atoms with Crippen LogP contribution in [0.3, 0.4) is 0 Å². The molecule has 114 valence electrons. The first-order valence-electron chi connectivity index (χ1n) is 7.39. The van der Waals surface area contributed by atoms with Crippen molar-refractivity contribution < 1.29 is 9.47 Å². The maximum atomic E-state index is 5.95. The molecule has 0 amide bonds. The van der Waals surface area contributed by atoms with Gasteiger partial charge in [0, 0.05) is 19.2 Å². The summed E-state index contributed by atoms with van der Waals surface area (Å²) in [6.45, 7) is 12.2. The van der Waals surface area contributed by atoms with Crippen molar-refractivity contribution in [2.75, 3.05) is 18.5 Å². The Bertz CT molecular complexity index is 382. The van der Waals surface area contributed by atoms with Gasteiger partial charge in [0.05, 0.1) is 0 Å². The SMILES string of the molecule is CCCNc1cc(OC(C)(C)CC)nc(COCC)n1. The van der Waals surface area contributed by atoms with Crippen LogP contribution in [0, 0.1) is 0 Å². The third kappa shape index (κ3) is 5.74. The van der Waals surface area contributed by atoms with Crippen molar-refractivity contribution in [3.8, 4) is 5.88 Å². The lowest BCUT2D eigenvalue weighted by molar-refractivity contribution is 0.0952. The standard InChI is InChI=1S/C15H27N3O2/c1-6-9-16-12-10-14(20-15(4,5)7-2)18-13(17-12)11-19-8-3/h10H,6-9,11H2,1-5H3,(H,16,17,18). The van der Waals surface area contributed by atoms with Crippen LogP contribution >= 0.6 is 0 Å². The van der Waals surface area contributed by atoms with Crippen molar-refractivity contribution in [1.82, 2.24) is 9.97 Å². The van der Waals surface area contributed by atoms with Crippen molar-refractivity contribution in [2.45, 2.75) is 59.7 Å². The molecule has 0 aliphatic heterocycles. The van der Waals surface area contributed by atoms with Crippen molar-refractivity contribution in [3.63, 3.8) is 0 Å². The van der Waals surface area contributed by atoms with Crippen LogP contribution in [0.4, 0.5) is 5.82 Å². The summed E-state index contributed by atoms with van der Waals surface area (Å²) in [6.07, 6.45) is 1.96. The molecule has 0 fully saturated rings. The zero-order valence-electron chi connectivity index (χ0n) is 13.3. The van der Waals surface area contributed by atoms with E-state index in [-0.39, 0.29) is 5.60 Å². The van der Waals surface area contributed by atoms with E-state index in [0.717, 1.165) is 25.2 Å². The molecular weight excluding hydrogens is 254 g/mol. The highest BCUT2D eigenvalue weighted by atomic mass is 16.5. The first-order valence-corrected chi connectivity index (χ1v) is 7.39. The minimum absolute atomic E-state index is 0.237. The molecule has 0 bridgehead atoms. The van der Waals surface area contributed by atoms with Gasteiger partial charge in [-0.25, -0.2) is 4.98 Å². The number of hydrogen-bond acceptors (Lipinski definition) is 5. The molecular formula is C15H27N3O2. The maximum Gasteiger partial charge on any atom is 0.219 e. The highest BCUT2D eigenvalue weighted by Crippen LogP contribution is 2.21. The van der Waals surface area contributed by atoms with E-state index < -0.39 is 0 Å². The van der Waals surface area contributed by atoms with Gasteiger partial charge >= 0.3 is 0 Å². The number of nitrogens with one attached hydrogen (secondary N) is 1.